The van der Waals surface area contributed by atoms with Crippen molar-refractivity contribution in [2.75, 3.05) is 4.90 Å². The zero-order valence-electron chi connectivity index (χ0n) is 31.3. The number of furan rings is 1. The summed E-state index contributed by atoms with van der Waals surface area (Å²) in [5.74, 6) is 0. The lowest BCUT2D eigenvalue weighted by molar-refractivity contribution is 0.670. The molecule has 0 fully saturated rings. The summed E-state index contributed by atoms with van der Waals surface area (Å²) in [4.78, 5) is 2.40. The van der Waals surface area contributed by atoms with Crippen LogP contribution >= 0.6 is 11.3 Å². The molecule has 0 aliphatic heterocycles. The minimum absolute atomic E-state index is 0.901. The fraction of sp³-hybridized carbons (Fsp3) is 0. The van der Waals surface area contributed by atoms with Crippen molar-refractivity contribution in [1.82, 2.24) is 4.57 Å². The van der Waals surface area contributed by atoms with Crippen molar-refractivity contribution in [1.29, 1.82) is 0 Å². The van der Waals surface area contributed by atoms with Crippen molar-refractivity contribution < 1.29 is 4.42 Å². The SMILES string of the molecule is c1ccc(N(c2cccc(-c3cccc4c3oc3ccccc34)c2)c2cc(-c3cccc(-n4c5ccccc5c5ccccc54)c3)c3sc4ccccc4c3c2)cc1. The molecular formula is C54H34N2OS. The van der Waals surface area contributed by atoms with Gasteiger partial charge in [-0.2, -0.15) is 0 Å². The third-order valence-corrected chi connectivity index (χ3v) is 12.8. The van der Waals surface area contributed by atoms with Gasteiger partial charge in [0.05, 0.1) is 11.0 Å². The summed E-state index contributed by atoms with van der Waals surface area (Å²) >= 11 is 1.87. The van der Waals surface area contributed by atoms with Crippen LogP contribution in [0.1, 0.15) is 0 Å². The van der Waals surface area contributed by atoms with Gasteiger partial charge in [0.15, 0.2) is 0 Å². The summed E-state index contributed by atoms with van der Waals surface area (Å²) in [6, 6.07) is 74.4. The van der Waals surface area contributed by atoms with Gasteiger partial charge in [0.25, 0.3) is 0 Å². The van der Waals surface area contributed by atoms with Crippen LogP contribution in [0.4, 0.5) is 17.1 Å². The summed E-state index contributed by atoms with van der Waals surface area (Å²) < 4.78 is 11.5. The molecule has 0 bridgehead atoms. The van der Waals surface area contributed by atoms with Gasteiger partial charge in [-0.1, -0.05) is 133 Å². The van der Waals surface area contributed by atoms with Crippen molar-refractivity contribution in [2.24, 2.45) is 0 Å². The van der Waals surface area contributed by atoms with Crippen LogP contribution in [0.15, 0.2) is 211 Å². The molecule has 0 unspecified atom stereocenters. The van der Waals surface area contributed by atoms with Crippen molar-refractivity contribution in [3.63, 3.8) is 0 Å². The molecule has 58 heavy (non-hydrogen) atoms. The fourth-order valence-corrected chi connectivity index (χ4v) is 10.2. The van der Waals surface area contributed by atoms with Gasteiger partial charge in [0, 0.05) is 75.6 Å². The summed E-state index contributed by atoms with van der Waals surface area (Å²) in [5, 5.41) is 7.29. The number of thiophene rings is 1. The Balaban J connectivity index is 1.08. The van der Waals surface area contributed by atoms with Crippen LogP contribution in [0.5, 0.6) is 0 Å². The number of rotatable bonds is 6. The lowest BCUT2D eigenvalue weighted by Gasteiger charge is -2.27. The van der Waals surface area contributed by atoms with Gasteiger partial charge < -0.3 is 13.9 Å². The zero-order valence-corrected chi connectivity index (χ0v) is 32.2. The summed E-state index contributed by atoms with van der Waals surface area (Å²) in [6.07, 6.45) is 0. The maximum absolute atomic E-state index is 6.52. The van der Waals surface area contributed by atoms with Crippen LogP contribution in [-0.4, -0.2) is 4.57 Å². The highest BCUT2D eigenvalue weighted by Gasteiger charge is 2.21. The molecule has 4 heteroatoms. The first-order valence-corrected chi connectivity index (χ1v) is 20.5. The molecule has 0 aliphatic carbocycles. The van der Waals surface area contributed by atoms with Crippen LogP contribution in [-0.2, 0) is 0 Å². The Morgan fingerprint density at radius 3 is 1.83 bits per heavy atom. The molecule has 0 aliphatic rings. The molecule has 3 heterocycles. The molecule has 12 aromatic rings. The van der Waals surface area contributed by atoms with Gasteiger partial charge in [-0.05, 0) is 83.9 Å². The Morgan fingerprint density at radius 1 is 0.397 bits per heavy atom. The van der Waals surface area contributed by atoms with E-state index in [4.69, 9.17) is 4.42 Å². The smallest absolute Gasteiger partial charge is 0.143 e. The molecule has 12 rings (SSSR count). The number of nitrogens with zero attached hydrogens (tertiary/aromatic N) is 2. The highest BCUT2D eigenvalue weighted by atomic mass is 32.1. The van der Waals surface area contributed by atoms with E-state index >= 15 is 0 Å². The zero-order chi connectivity index (χ0) is 38.2. The maximum atomic E-state index is 6.52. The lowest BCUT2D eigenvalue weighted by atomic mass is 9.99. The molecular weight excluding hydrogens is 725 g/mol. The van der Waals surface area contributed by atoms with E-state index in [1.54, 1.807) is 0 Å². The second-order valence-corrected chi connectivity index (χ2v) is 15.9. The standard InChI is InChI=1S/C54H34N2OS/c1-2-17-37(18-3-1)55(38-19-12-15-35(31-38)41-25-14-26-46-44-23-6-10-29-51(44)57-53(41)46)40-33-47(54-48(34-40)45-24-7-11-30-52(45)58-54)36-16-13-20-39(32-36)56-49-27-8-4-21-42(49)43-22-5-9-28-50(43)56/h1-34H. The van der Waals surface area contributed by atoms with E-state index in [9.17, 15) is 0 Å². The molecule has 9 aromatic carbocycles. The van der Waals surface area contributed by atoms with Crippen molar-refractivity contribution in [3.05, 3.63) is 206 Å². The Bertz CT molecular complexity index is 3480. The predicted molar refractivity (Wildman–Crippen MR) is 247 cm³/mol. The number of aromatic nitrogens is 1. The van der Waals surface area contributed by atoms with E-state index < -0.39 is 0 Å². The van der Waals surface area contributed by atoms with Gasteiger partial charge in [-0.15, -0.1) is 11.3 Å². The quantitative estimate of drug-likeness (QED) is 0.168. The number of hydrogen-bond donors (Lipinski definition) is 0. The third kappa shape index (κ3) is 5.12. The first kappa shape index (κ1) is 32.8. The van der Waals surface area contributed by atoms with Crippen molar-refractivity contribution in [3.8, 4) is 27.9 Å². The van der Waals surface area contributed by atoms with Crippen LogP contribution < -0.4 is 4.90 Å². The van der Waals surface area contributed by atoms with E-state index in [0.29, 0.717) is 0 Å². The van der Waals surface area contributed by atoms with E-state index in [1.165, 1.54) is 53.1 Å². The topological polar surface area (TPSA) is 21.3 Å². The van der Waals surface area contributed by atoms with Gasteiger partial charge in [-0.25, -0.2) is 0 Å². The highest BCUT2D eigenvalue weighted by molar-refractivity contribution is 7.26. The normalized spacial score (nSPS) is 11.8. The van der Waals surface area contributed by atoms with E-state index in [1.807, 2.05) is 23.5 Å². The second kappa shape index (κ2) is 13.1. The first-order chi connectivity index (χ1) is 28.8. The molecule has 0 amide bonds. The molecule has 0 radical (unpaired) electrons. The van der Waals surface area contributed by atoms with Gasteiger partial charge in [0.1, 0.15) is 11.2 Å². The summed E-state index contributed by atoms with van der Waals surface area (Å²) in [7, 11) is 0. The highest BCUT2D eigenvalue weighted by Crippen LogP contribution is 2.47. The Morgan fingerprint density at radius 2 is 1.02 bits per heavy atom. The molecule has 0 N–H and O–H groups in total. The average molecular weight is 759 g/mol. The Hall–Kier alpha value is -7.40. The maximum Gasteiger partial charge on any atom is 0.143 e. The molecule has 0 saturated carbocycles. The predicted octanol–water partition coefficient (Wildman–Crippen LogP) is 15.9. The monoisotopic (exact) mass is 758 g/mol. The fourth-order valence-electron chi connectivity index (χ4n) is 8.98. The van der Waals surface area contributed by atoms with Gasteiger partial charge in [-0.3, -0.25) is 0 Å². The molecule has 0 spiro atoms. The summed E-state index contributed by atoms with van der Waals surface area (Å²) in [6.45, 7) is 0. The number of fused-ring (bicyclic) bond motifs is 9. The lowest BCUT2D eigenvalue weighted by Crippen LogP contribution is -2.10. The number of anilines is 3. The second-order valence-electron chi connectivity index (χ2n) is 14.9. The molecule has 3 aromatic heterocycles. The van der Waals surface area contributed by atoms with Gasteiger partial charge >= 0.3 is 0 Å². The molecule has 0 atom stereocenters. The molecule has 272 valence electrons. The largest absolute Gasteiger partial charge is 0.455 e. The van der Waals surface area contributed by atoms with Crippen molar-refractivity contribution in [2.45, 2.75) is 0 Å². The third-order valence-electron chi connectivity index (χ3n) is 11.6. The minimum Gasteiger partial charge on any atom is -0.455 e. The molecule has 3 nitrogen and oxygen atoms in total. The molecule has 0 saturated heterocycles. The Kier molecular flexibility index (Phi) is 7.40. The Labute approximate surface area is 338 Å². The van der Waals surface area contributed by atoms with Gasteiger partial charge in [0.2, 0.25) is 0 Å². The van der Waals surface area contributed by atoms with Crippen LogP contribution in [0, 0.1) is 0 Å². The van der Waals surface area contributed by atoms with Crippen LogP contribution in [0.2, 0.25) is 0 Å². The number of para-hydroxylation sites is 5. The number of benzene rings is 9. The minimum atomic E-state index is 0.901. The van der Waals surface area contributed by atoms with E-state index in [0.717, 1.165) is 55.8 Å². The van der Waals surface area contributed by atoms with Crippen LogP contribution in [0.3, 0.4) is 0 Å². The average Bonchev–Trinajstić information content (AvgIpc) is 3.97. The van der Waals surface area contributed by atoms with Crippen LogP contribution in [0.25, 0.3) is 91.9 Å². The van der Waals surface area contributed by atoms with E-state index in [2.05, 4.69) is 204 Å². The van der Waals surface area contributed by atoms with Crippen molar-refractivity contribution >= 4 is 92.3 Å². The number of hydrogen-bond acceptors (Lipinski definition) is 3. The summed E-state index contributed by atoms with van der Waals surface area (Å²) in [5.41, 5.74) is 13.2. The van der Waals surface area contributed by atoms with E-state index in [-0.39, 0.29) is 0 Å². The first-order valence-electron chi connectivity index (χ1n) is 19.7.